The topological polar surface area (TPSA) is 119 Å². The Kier molecular flexibility index (Phi) is 3.80. The van der Waals surface area contributed by atoms with Gasteiger partial charge in [-0.15, -0.1) is 0 Å². The Morgan fingerprint density at radius 3 is 2.56 bits per heavy atom. The summed E-state index contributed by atoms with van der Waals surface area (Å²) < 4.78 is 0. The third kappa shape index (κ3) is 2.86. The molecule has 0 aliphatic carbocycles. The van der Waals surface area contributed by atoms with Gasteiger partial charge in [0.1, 0.15) is 12.2 Å². The number of para-hydroxylation sites is 2. The predicted octanol–water partition coefficient (Wildman–Crippen LogP) is 2.07. The van der Waals surface area contributed by atoms with E-state index in [1.807, 2.05) is 49.4 Å². The van der Waals surface area contributed by atoms with E-state index in [2.05, 4.69) is 20.7 Å². The predicted molar refractivity (Wildman–Crippen MR) is 96.2 cm³/mol. The van der Waals surface area contributed by atoms with Gasteiger partial charge in [-0.3, -0.25) is 9.69 Å². The molecular weight excluding hydrogens is 350 g/mol. The normalized spacial score (nSPS) is 18.7. The van der Waals surface area contributed by atoms with E-state index in [4.69, 9.17) is 0 Å². The highest BCUT2D eigenvalue weighted by Gasteiger charge is 2.43. The lowest BCUT2D eigenvalue weighted by molar-refractivity contribution is -0.394. The lowest BCUT2D eigenvalue weighted by Gasteiger charge is -2.45. The van der Waals surface area contributed by atoms with Gasteiger partial charge < -0.3 is 15.4 Å². The maximum atomic E-state index is 13.2. The molecule has 10 heteroatoms. The van der Waals surface area contributed by atoms with Crippen molar-refractivity contribution in [3.8, 4) is 0 Å². The summed E-state index contributed by atoms with van der Waals surface area (Å²) in [6.07, 6.45) is 0. The monoisotopic (exact) mass is 365 g/mol. The first-order valence-electron chi connectivity index (χ1n) is 8.17. The molecule has 1 unspecified atom stereocenters. The first-order valence-corrected chi connectivity index (χ1v) is 8.17. The third-order valence-corrected chi connectivity index (χ3v) is 4.33. The standard InChI is InChI=1S/C17H15N7O3/c1-17(11-22-20-16(19-21-22)24(26)27)18-14-10-6-5-9-13(14)15(25)23(17)12-7-3-2-4-8-12/h2-10,18H,11H2,1H3. The van der Waals surface area contributed by atoms with Crippen molar-refractivity contribution in [1.82, 2.24) is 20.2 Å². The van der Waals surface area contributed by atoms with Crippen molar-refractivity contribution in [2.24, 2.45) is 0 Å². The molecule has 0 fully saturated rings. The molecule has 10 nitrogen and oxygen atoms in total. The second-order valence-electron chi connectivity index (χ2n) is 6.30. The Labute approximate surface area is 153 Å². The van der Waals surface area contributed by atoms with E-state index in [0.717, 1.165) is 4.80 Å². The molecular formula is C17H15N7O3. The fourth-order valence-corrected chi connectivity index (χ4v) is 3.21. The van der Waals surface area contributed by atoms with Crippen LogP contribution in [0.5, 0.6) is 0 Å². The molecule has 2 aromatic carbocycles. The summed E-state index contributed by atoms with van der Waals surface area (Å²) in [4.78, 5) is 26.1. The Morgan fingerprint density at radius 2 is 1.85 bits per heavy atom. The lowest BCUT2D eigenvalue weighted by Crippen LogP contribution is -2.61. The molecule has 0 radical (unpaired) electrons. The second-order valence-corrected chi connectivity index (χ2v) is 6.30. The molecule has 4 rings (SSSR count). The largest absolute Gasteiger partial charge is 0.514 e. The van der Waals surface area contributed by atoms with Gasteiger partial charge in [0, 0.05) is 16.6 Å². The molecule has 1 amide bonds. The van der Waals surface area contributed by atoms with Crippen molar-refractivity contribution in [3.05, 3.63) is 70.3 Å². The van der Waals surface area contributed by atoms with E-state index in [-0.39, 0.29) is 12.5 Å². The Balaban J connectivity index is 1.79. The van der Waals surface area contributed by atoms with E-state index >= 15 is 0 Å². The SMILES string of the molecule is CC1(Cn2nnc([N+](=O)[O-])n2)Nc2ccccc2C(=O)N1c1ccccc1. The number of nitro groups is 1. The van der Waals surface area contributed by atoms with Gasteiger partial charge in [-0.1, -0.05) is 35.1 Å². The number of nitrogens with one attached hydrogen (secondary N) is 1. The summed E-state index contributed by atoms with van der Waals surface area (Å²) in [5.41, 5.74) is 0.922. The van der Waals surface area contributed by atoms with Crippen molar-refractivity contribution in [2.75, 3.05) is 10.2 Å². The fourth-order valence-electron chi connectivity index (χ4n) is 3.21. The number of benzene rings is 2. The van der Waals surface area contributed by atoms with Crippen LogP contribution >= 0.6 is 0 Å². The first-order chi connectivity index (χ1) is 13.0. The smallest absolute Gasteiger partial charge is 0.390 e. The summed E-state index contributed by atoms with van der Waals surface area (Å²) >= 11 is 0. The van der Waals surface area contributed by atoms with Gasteiger partial charge in [-0.25, -0.2) is 0 Å². The van der Waals surface area contributed by atoms with Crippen LogP contribution in [-0.2, 0) is 6.54 Å². The van der Waals surface area contributed by atoms with Gasteiger partial charge in [0.25, 0.3) is 5.91 Å². The molecule has 3 aromatic rings. The summed E-state index contributed by atoms with van der Waals surface area (Å²) in [6.45, 7) is 1.87. The minimum atomic E-state index is -0.971. The fraction of sp³-hybridized carbons (Fsp3) is 0.176. The lowest BCUT2D eigenvalue weighted by atomic mass is 9.99. The summed E-state index contributed by atoms with van der Waals surface area (Å²) in [6, 6.07) is 16.4. The Hall–Kier alpha value is -3.82. The number of carbonyl (C=O) groups is 1. The van der Waals surface area contributed by atoms with Crippen LogP contribution in [-0.4, -0.2) is 36.7 Å². The number of fused-ring (bicyclic) bond motifs is 1. The van der Waals surface area contributed by atoms with Gasteiger partial charge in [-0.05, 0) is 36.1 Å². The van der Waals surface area contributed by atoms with E-state index in [1.54, 1.807) is 17.0 Å². The molecule has 136 valence electrons. The average Bonchev–Trinajstić information content (AvgIpc) is 3.11. The maximum absolute atomic E-state index is 13.2. The molecule has 1 aliphatic rings. The molecule has 1 aliphatic heterocycles. The molecule has 1 aromatic heterocycles. The first kappa shape index (κ1) is 16.6. The molecule has 1 atom stereocenters. The summed E-state index contributed by atoms with van der Waals surface area (Å²) in [5.74, 6) is -0.778. The molecule has 0 saturated carbocycles. The highest BCUT2D eigenvalue weighted by atomic mass is 16.6. The van der Waals surface area contributed by atoms with Crippen molar-refractivity contribution in [1.29, 1.82) is 0 Å². The van der Waals surface area contributed by atoms with Gasteiger partial charge in [0.15, 0.2) is 0 Å². The summed E-state index contributed by atoms with van der Waals surface area (Å²) in [7, 11) is 0. The highest BCUT2D eigenvalue weighted by molar-refractivity contribution is 6.12. The number of tetrazole rings is 1. The van der Waals surface area contributed by atoms with Crippen molar-refractivity contribution in [3.63, 3.8) is 0 Å². The van der Waals surface area contributed by atoms with Crippen LogP contribution in [0.3, 0.4) is 0 Å². The van der Waals surface area contributed by atoms with Crippen molar-refractivity contribution in [2.45, 2.75) is 19.1 Å². The van der Waals surface area contributed by atoms with Gasteiger partial charge in [0.05, 0.1) is 15.8 Å². The number of anilines is 2. The van der Waals surface area contributed by atoms with Crippen LogP contribution < -0.4 is 10.2 Å². The molecule has 27 heavy (non-hydrogen) atoms. The molecule has 0 saturated heterocycles. The van der Waals surface area contributed by atoms with Crippen LogP contribution in [0.15, 0.2) is 54.6 Å². The van der Waals surface area contributed by atoms with Crippen LogP contribution in [0.4, 0.5) is 17.3 Å². The molecule has 0 bridgehead atoms. The number of rotatable bonds is 4. The van der Waals surface area contributed by atoms with E-state index < -0.39 is 16.5 Å². The van der Waals surface area contributed by atoms with Crippen LogP contribution in [0.2, 0.25) is 0 Å². The zero-order valence-electron chi connectivity index (χ0n) is 14.3. The van der Waals surface area contributed by atoms with E-state index in [1.165, 1.54) is 0 Å². The second kappa shape index (κ2) is 6.16. The molecule has 1 N–H and O–H groups in total. The van der Waals surface area contributed by atoms with Gasteiger partial charge in [-0.2, -0.15) is 0 Å². The number of aromatic nitrogens is 4. The number of hydrogen-bond acceptors (Lipinski definition) is 7. The van der Waals surface area contributed by atoms with Crippen molar-refractivity contribution < 1.29 is 9.72 Å². The Morgan fingerprint density at radius 1 is 1.15 bits per heavy atom. The van der Waals surface area contributed by atoms with E-state index in [9.17, 15) is 14.9 Å². The van der Waals surface area contributed by atoms with Crippen LogP contribution in [0.25, 0.3) is 0 Å². The Bertz CT molecular complexity index is 1020. The van der Waals surface area contributed by atoms with Crippen molar-refractivity contribution >= 4 is 23.2 Å². The molecule has 0 spiro atoms. The highest BCUT2D eigenvalue weighted by Crippen LogP contribution is 2.35. The summed E-state index contributed by atoms with van der Waals surface area (Å²) in [5, 5.41) is 25.1. The number of hydrogen-bond donors (Lipinski definition) is 1. The number of amides is 1. The molecule has 2 heterocycles. The quantitative estimate of drug-likeness (QED) is 0.555. The van der Waals surface area contributed by atoms with E-state index in [0.29, 0.717) is 16.9 Å². The number of nitrogens with zero attached hydrogens (tertiary/aromatic N) is 6. The third-order valence-electron chi connectivity index (χ3n) is 4.33. The maximum Gasteiger partial charge on any atom is 0.514 e. The van der Waals surface area contributed by atoms with Gasteiger partial charge in [0.2, 0.25) is 0 Å². The zero-order valence-corrected chi connectivity index (χ0v) is 14.3. The minimum Gasteiger partial charge on any atom is -0.390 e. The number of carbonyl (C=O) groups excluding carboxylic acids is 1. The van der Waals surface area contributed by atoms with Gasteiger partial charge >= 0.3 is 5.95 Å². The average molecular weight is 365 g/mol. The van der Waals surface area contributed by atoms with Crippen LogP contribution in [0, 0.1) is 10.1 Å². The van der Waals surface area contributed by atoms with Crippen LogP contribution in [0.1, 0.15) is 17.3 Å². The minimum absolute atomic E-state index is 0.0583. The zero-order chi connectivity index (χ0) is 19.0.